The SMILES string of the molecule is O=C(Cc1cccc[n+]1[O-])N(c1ccccc1)c1ccccc1. The third-order valence-electron chi connectivity index (χ3n) is 3.51. The second kappa shape index (κ2) is 6.75. The summed E-state index contributed by atoms with van der Waals surface area (Å²) in [4.78, 5) is 14.5. The Bertz CT molecular complexity index is 749. The van der Waals surface area contributed by atoms with E-state index in [1.165, 1.54) is 6.20 Å². The molecule has 4 nitrogen and oxygen atoms in total. The molecule has 1 aromatic heterocycles. The van der Waals surface area contributed by atoms with Gasteiger partial charge in [0.25, 0.3) is 0 Å². The maximum Gasteiger partial charge on any atom is 0.242 e. The highest BCUT2D eigenvalue weighted by Gasteiger charge is 2.21. The number of pyridine rings is 1. The number of carbonyl (C=O) groups is 1. The summed E-state index contributed by atoms with van der Waals surface area (Å²) in [6.07, 6.45) is 1.44. The molecule has 0 saturated carbocycles. The Morgan fingerprint density at radius 3 is 1.87 bits per heavy atom. The third-order valence-corrected chi connectivity index (χ3v) is 3.51. The predicted molar refractivity (Wildman–Crippen MR) is 89.1 cm³/mol. The first-order chi connectivity index (χ1) is 11.3. The number of hydrogen-bond acceptors (Lipinski definition) is 2. The number of carbonyl (C=O) groups excluding carboxylic acids is 1. The zero-order chi connectivity index (χ0) is 16.1. The first-order valence-electron chi connectivity index (χ1n) is 7.36. The minimum absolute atomic E-state index is 0.0358. The van der Waals surface area contributed by atoms with Crippen molar-refractivity contribution in [1.82, 2.24) is 0 Å². The van der Waals surface area contributed by atoms with Crippen LogP contribution >= 0.6 is 0 Å². The van der Waals surface area contributed by atoms with Crippen molar-refractivity contribution in [3.05, 3.63) is 96.0 Å². The lowest BCUT2D eigenvalue weighted by molar-refractivity contribution is -0.613. The largest absolute Gasteiger partial charge is 0.618 e. The summed E-state index contributed by atoms with van der Waals surface area (Å²) in [6, 6.07) is 23.9. The second-order valence-corrected chi connectivity index (χ2v) is 5.09. The van der Waals surface area contributed by atoms with E-state index in [1.54, 1.807) is 23.1 Å². The van der Waals surface area contributed by atoms with E-state index in [4.69, 9.17) is 0 Å². The molecule has 0 unspecified atom stereocenters. The molecule has 0 spiro atoms. The fourth-order valence-corrected chi connectivity index (χ4v) is 2.43. The molecule has 23 heavy (non-hydrogen) atoms. The number of nitrogens with zero attached hydrogens (tertiary/aromatic N) is 2. The minimum atomic E-state index is -0.154. The molecule has 0 aliphatic heterocycles. The number of aromatic nitrogens is 1. The summed E-state index contributed by atoms with van der Waals surface area (Å²) >= 11 is 0. The van der Waals surface area contributed by atoms with Crippen LogP contribution in [0.2, 0.25) is 0 Å². The van der Waals surface area contributed by atoms with Gasteiger partial charge in [-0.15, -0.1) is 0 Å². The van der Waals surface area contributed by atoms with E-state index in [-0.39, 0.29) is 12.3 Å². The lowest BCUT2D eigenvalue weighted by Gasteiger charge is -2.22. The van der Waals surface area contributed by atoms with Gasteiger partial charge in [-0.1, -0.05) is 36.4 Å². The van der Waals surface area contributed by atoms with Crippen LogP contribution in [0.3, 0.4) is 0 Å². The Morgan fingerprint density at radius 1 is 0.826 bits per heavy atom. The van der Waals surface area contributed by atoms with Crippen molar-refractivity contribution in [3.8, 4) is 0 Å². The predicted octanol–water partition coefficient (Wildman–Crippen LogP) is 3.23. The van der Waals surface area contributed by atoms with Gasteiger partial charge >= 0.3 is 0 Å². The van der Waals surface area contributed by atoms with E-state index in [1.807, 2.05) is 60.7 Å². The van der Waals surface area contributed by atoms with Gasteiger partial charge in [-0.2, -0.15) is 4.73 Å². The van der Waals surface area contributed by atoms with E-state index < -0.39 is 0 Å². The van der Waals surface area contributed by atoms with Gasteiger partial charge in [0.2, 0.25) is 11.6 Å². The van der Waals surface area contributed by atoms with Crippen LogP contribution in [0.25, 0.3) is 0 Å². The topological polar surface area (TPSA) is 47.2 Å². The number of rotatable bonds is 4. The molecule has 0 aliphatic carbocycles. The quantitative estimate of drug-likeness (QED) is 0.549. The number of anilines is 2. The second-order valence-electron chi connectivity index (χ2n) is 5.09. The lowest BCUT2D eigenvalue weighted by atomic mass is 10.2. The Balaban J connectivity index is 1.96. The molecule has 1 heterocycles. The fraction of sp³-hybridized carbons (Fsp3) is 0.0526. The highest BCUT2D eigenvalue weighted by molar-refractivity contribution is 6.01. The highest BCUT2D eigenvalue weighted by Crippen LogP contribution is 2.25. The summed E-state index contributed by atoms with van der Waals surface area (Å²) < 4.78 is 0.728. The van der Waals surface area contributed by atoms with Crippen LogP contribution in [0.15, 0.2) is 85.1 Å². The van der Waals surface area contributed by atoms with Gasteiger partial charge in [-0.25, -0.2) is 0 Å². The zero-order valence-corrected chi connectivity index (χ0v) is 12.5. The molecule has 0 radical (unpaired) electrons. The van der Waals surface area contributed by atoms with Crippen molar-refractivity contribution >= 4 is 17.3 Å². The molecule has 3 aromatic rings. The minimum Gasteiger partial charge on any atom is -0.618 e. The van der Waals surface area contributed by atoms with E-state index >= 15 is 0 Å². The summed E-state index contributed by atoms with van der Waals surface area (Å²) in [5.41, 5.74) is 1.98. The van der Waals surface area contributed by atoms with Gasteiger partial charge in [0, 0.05) is 23.5 Å². The molecule has 3 rings (SSSR count). The van der Waals surface area contributed by atoms with Gasteiger partial charge in [0.15, 0.2) is 6.20 Å². The van der Waals surface area contributed by atoms with Crippen molar-refractivity contribution in [2.24, 2.45) is 0 Å². The Hall–Kier alpha value is -3.14. The maximum absolute atomic E-state index is 12.8. The van der Waals surface area contributed by atoms with Gasteiger partial charge in [0.1, 0.15) is 6.42 Å². The molecule has 1 amide bonds. The molecule has 0 aliphatic rings. The average molecular weight is 304 g/mol. The van der Waals surface area contributed by atoms with Crippen molar-refractivity contribution in [3.63, 3.8) is 0 Å². The van der Waals surface area contributed by atoms with Crippen molar-refractivity contribution in [1.29, 1.82) is 0 Å². The lowest BCUT2D eigenvalue weighted by Crippen LogP contribution is -2.36. The van der Waals surface area contributed by atoms with Crippen molar-refractivity contribution in [2.75, 3.05) is 4.90 Å². The number of amides is 1. The van der Waals surface area contributed by atoms with Crippen molar-refractivity contribution in [2.45, 2.75) is 6.42 Å². The van der Waals surface area contributed by atoms with Gasteiger partial charge in [-0.3, -0.25) is 9.69 Å². The summed E-state index contributed by atoms with van der Waals surface area (Å²) in [5, 5.41) is 11.8. The Morgan fingerprint density at radius 2 is 1.35 bits per heavy atom. The van der Waals surface area contributed by atoms with Gasteiger partial charge < -0.3 is 5.21 Å². The first-order valence-corrected chi connectivity index (χ1v) is 7.36. The summed E-state index contributed by atoms with van der Waals surface area (Å²) in [5.74, 6) is -0.154. The van der Waals surface area contributed by atoms with Crippen LogP contribution in [0.1, 0.15) is 5.69 Å². The molecule has 4 heteroatoms. The number of hydrogen-bond donors (Lipinski definition) is 0. The fourth-order valence-electron chi connectivity index (χ4n) is 2.43. The van der Waals surface area contributed by atoms with E-state index in [9.17, 15) is 10.0 Å². The molecular formula is C19H16N2O2. The van der Waals surface area contributed by atoms with E-state index in [2.05, 4.69) is 0 Å². The maximum atomic E-state index is 12.8. The smallest absolute Gasteiger partial charge is 0.242 e. The van der Waals surface area contributed by atoms with Crippen LogP contribution < -0.4 is 9.63 Å². The Kier molecular flexibility index (Phi) is 4.34. The molecule has 0 atom stereocenters. The van der Waals surface area contributed by atoms with Crippen LogP contribution in [0, 0.1) is 5.21 Å². The molecular weight excluding hydrogens is 288 g/mol. The van der Waals surface area contributed by atoms with Gasteiger partial charge in [0.05, 0.1) is 0 Å². The van der Waals surface area contributed by atoms with Crippen molar-refractivity contribution < 1.29 is 9.52 Å². The number of benzene rings is 2. The molecule has 2 aromatic carbocycles. The molecule has 0 saturated heterocycles. The summed E-state index contributed by atoms with van der Waals surface area (Å²) in [6.45, 7) is 0. The molecule has 0 bridgehead atoms. The highest BCUT2D eigenvalue weighted by atomic mass is 16.5. The summed E-state index contributed by atoms with van der Waals surface area (Å²) in [7, 11) is 0. The molecule has 0 fully saturated rings. The molecule has 114 valence electrons. The van der Waals surface area contributed by atoms with Crippen LogP contribution in [0.4, 0.5) is 11.4 Å². The first kappa shape index (κ1) is 14.8. The average Bonchev–Trinajstić information content (AvgIpc) is 2.59. The third kappa shape index (κ3) is 3.37. The van der Waals surface area contributed by atoms with E-state index in [0.29, 0.717) is 5.69 Å². The van der Waals surface area contributed by atoms with Crippen LogP contribution in [-0.4, -0.2) is 5.91 Å². The Labute approximate surface area is 134 Å². The number of para-hydroxylation sites is 2. The van der Waals surface area contributed by atoms with Crippen LogP contribution in [-0.2, 0) is 11.2 Å². The van der Waals surface area contributed by atoms with E-state index in [0.717, 1.165) is 16.1 Å². The monoisotopic (exact) mass is 304 g/mol. The normalized spacial score (nSPS) is 10.3. The molecule has 0 N–H and O–H groups in total. The standard InChI is InChI=1S/C19H16N2O2/c22-19(15-18-13-7-8-14-20(18)23)21(16-9-3-1-4-10-16)17-11-5-2-6-12-17/h1-14H,15H2. The van der Waals surface area contributed by atoms with Crippen LogP contribution in [0.5, 0.6) is 0 Å². The van der Waals surface area contributed by atoms with Gasteiger partial charge in [-0.05, 0) is 30.3 Å². The zero-order valence-electron chi connectivity index (χ0n) is 12.5.